The van der Waals surface area contributed by atoms with E-state index in [1.807, 2.05) is 30.3 Å². The van der Waals surface area contributed by atoms with Crippen molar-refractivity contribution in [1.82, 2.24) is 4.57 Å². The molecule has 0 radical (unpaired) electrons. The lowest BCUT2D eigenvalue weighted by atomic mass is 9.95. The molecule has 24 heavy (non-hydrogen) atoms. The highest BCUT2D eigenvalue weighted by atomic mass is 16.5. The first-order valence-electron chi connectivity index (χ1n) is 7.79. The summed E-state index contributed by atoms with van der Waals surface area (Å²) in [7, 11) is 2.98. The van der Waals surface area contributed by atoms with Crippen LogP contribution in [-0.2, 0) is 22.5 Å². The van der Waals surface area contributed by atoms with E-state index in [1.54, 1.807) is 17.9 Å². The molecule has 6 heteroatoms. The third kappa shape index (κ3) is 3.13. The number of ether oxygens (including phenoxy) is 2. The Morgan fingerprint density at radius 1 is 1.25 bits per heavy atom. The average Bonchev–Trinajstić information content (AvgIpc) is 2.63. The Balaban J connectivity index is 1.86. The highest BCUT2D eigenvalue weighted by molar-refractivity contribution is 5.75. The van der Waals surface area contributed by atoms with Gasteiger partial charge in [-0.25, -0.2) is 0 Å². The zero-order valence-corrected chi connectivity index (χ0v) is 13.7. The summed E-state index contributed by atoms with van der Waals surface area (Å²) in [5.41, 5.74) is 2.36. The number of carbonyl (C=O) groups is 1. The highest BCUT2D eigenvalue weighted by Crippen LogP contribution is 2.22. The lowest BCUT2D eigenvalue weighted by molar-refractivity contribution is -0.145. The highest BCUT2D eigenvalue weighted by Gasteiger charge is 2.27. The predicted octanol–water partition coefficient (Wildman–Crippen LogP) is 1.66. The lowest BCUT2D eigenvalue weighted by Crippen LogP contribution is -2.36. The molecule has 1 N–H and O–H groups in total. The Hall–Kier alpha value is -2.76. The molecule has 126 valence electrons. The van der Waals surface area contributed by atoms with Gasteiger partial charge in [-0.05, 0) is 30.2 Å². The van der Waals surface area contributed by atoms with Crippen molar-refractivity contribution in [2.45, 2.75) is 13.0 Å². The normalized spacial score (nSPS) is 16.0. The van der Waals surface area contributed by atoms with Gasteiger partial charge in [0.25, 0.3) is 5.56 Å². The summed E-state index contributed by atoms with van der Waals surface area (Å²) in [4.78, 5) is 24.5. The molecule has 1 atom stereocenters. The molecule has 0 bridgehead atoms. The van der Waals surface area contributed by atoms with Crippen LogP contribution >= 0.6 is 0 Å². The predicted molar refractivity (Wildman–Crippen MR) is 90.5 cm³/mol. The number of hydrogen-bond acceptors (Lipinski definition) is 5. The fraction of sp³-hybridized carbons (Fsp3) is 0.333. The van der Waals surface area contributed by atoms with E-state index in [0.29, 0.717) is 25.1 Å². The van der Waals surface area contributed by atoms with Crippen molar-refractivity contribution in [2.24, 2.45) is 5.92 Å². The molecule has 0 saturated carbocycles. The summed E-state index contributed by atoms with van der Waals surface area (Å²) in [5.74, 6) is 0.159. The molecule has 0 aliphatic carbocycles. The van der Waals surface area contributed by atoms with Gasteiger partial charge in [0.15, 0.2) is 0 Å². The van der Waals surface area contributed by atoms with Crippen LogP contribution in [0.1, 0.15) is 11.1 Å². The minimum atomic E-state index is -0.327. The van der Waals surface area contributed by atoms with Gasteiger partial charge < -0.3 is 19.4 Å². The van der Waals surface area contributed by atoms with E-state index in [4.69, 9.17) is 9.47 Å². The lowest BCUT2D eigenvalue weighted by Gasteiger charge is -2.24. The van der Waals surface area contributed by atoms with E-state index in [-0.39, 0.29) is 17.4 Å². The molecule has 0 fully saturated rings. The Morgan fingerprint density at radius 2 is 2.00 bits per heavy atom. The zero-order chi connectivity index (χ0) is 17.1. The van der Waals surface area contributed by atoms with E-state index in [1.165, 1.54) is 7.11 Å². The Kier molecular flexibility index (Phi) is 4.55. The third-order valence-corrected chi connectivity index (χ3v) is 4.30. The van der Waals surface area contributed by atoms with Gasteiger partial charge in [0.2, 0.25) is 0 Å². The number of rotatable bonds is 4. The van der Waals surface area contributed by atoms with Gasteiger partial charge in [-0.2, -0.15) is 0 Å². The van der Waals surface area contributed by atoms with Gasteiger partial charge in [0, 0.05) is 24.0 Å². The first-order chi connectivity index (χ1) is 11.6. The van der Waals surface area contributed by atoms with E-state index in [2.05, 4.69) is 5.32 Å². The summed E-state index contributed by atoms with van der Waals surface area (Å²) in [6.07, 6.45) is 2.17. The van der Waals surface area contributed by atoms with Crippen LogP contribution in [0, 0.1) is 5.92 Å². The number of nitrogens with one attached hydrogen (secondary N) is 1. The van der Waals surface area contributed by atoms with Gasteiger partial charge in [-0.15, -0.1) is 0 Å². The van der Waals surface area contributed by atoms with Crippen LogP contribution in [0.5, 0.6) is 5.75 Å². The molecule has 1 aliphatic heterocycles. The van der Waals surface area contributed by atoms with Crippen LogP contribution in [0.25, 0.3) is 0 Å². The van der Waals surface area contributed by atoms with Crippen LogP contribution in [0.2, 0.25) is 0 Å². The minimum Gasteiger partial charge on any atom is -0.497 e. The molecule has 2 aromatic rings. The summed E-state index contributed by atoms with van der Waals surface area (Å²) >= 11 is 0. The second kappa shape index (κ2) is 6.78. The molecule has 1 unspecified atom stereocenters. The second-order valence-electron chi connectivity index (χ2n) is 5.79. The Bertz CT molecular complexity index is 796. The molecule has 0 saturated heterocycles. The van der Waals surface area contributed by atoms with Crippen LogP contribution in [0.3, 0.4) is 0 Å². The van der Waals surface area contributed by atoms with Crippen LogP contribution < -0.4 is 15.6 Å². The maximum absolute atomic E-state index is 12.7. The second-order valence-corrected chi connectivity index (χ2v) is 5.79. The van der Waals surface area contributed by atoms with Crippen molar-refractivity contribution >= 4 is 11.7 Å². The number of anilines is 1. The zero-order valence-electron chi connectivity index (χ0n) is 13.7. The van der Waals surface area contributed by atoms with Crippen molar-refractivity contribution in [2.75, 3.05) is 26.1 Å². The topological polar surface area (TPSA) is 69.6 Å². The van der Waals surface area contributed by atoms with Crippen molar-refractivity contribution in [1.29, 1.82) is 0 Å². The fourth-order valence-corrected chi connectivity index (χ4v) is 2.92. The number of nitrogens with zero attached hydrogens (tertiary/aromatic N) is 1. The smallest absolute Gasteiger partial charge is 0.310 e. The Morgan fingerprint density at radius 3 is 2.67 bits per heavy atom. The van der Waals surface area contributed by atoms with Crippen LogP contribution in [-0.4, -0.2) is 31.3 Å². The quantitative estimate of drug-likeness (QED) is 0.865. The van der Waals surface area contributed by atoms with Gasteiger partial charge in [0.05, 0.1) is 26.7 Å². The molecule has 1 aliphatic rings. The molecule has 2 heterocycles. The first-order valence-corrected chi connectivity index (χ1v) is 7.79. The molecular weight excluding hydrogens is 308 g/mol. The van der Waals surface area contributed by atoms with Crippen molar-refractivity contribution in [3.8, 4) is 5.75 Å². The van der Waals surface area contributed by atoms with Gasteiger partial charge in [-0.3, -0.25) is 9.59 Å². The van der Waals surface area contributed by atoms with Crippen LogP contribution in [0.4, 0.5) is 5.69 Å². The molecule has 0 amide bonds. The van der Waals surface area contributed by atoms with Crippen molar-refractivity contribution in [3.05, 3.63) is 58.0 Å². The number of benzene rings is 1. The maximum atomic E-state index is 12.7. The number of fused-ring (bicyclic) bond motifs is 1. The van der Waals surface area contributed by atoms with Crippen molar-refractivity contribution in [3.63, 3.8) is 0 Å². The first kappa shape index (κ1) is 16.1. The Labute approximate surface area is 140 Å². The number of esters is 1. The maximum Gasteiger partial charge on any atom is 0.310 e. The van der Waals surface area contributed by atoms with Crippen molar-refractivity contribution < 1.29 is 14.3 Å². The minimum absolute atomic E-state index is 0.0792. The standard InChI is InChI=1S/C18H20N2O4/c1-23-14-5-3-12(4-6-14)11-20-8-7-16-15(17(20)21)9-13(10-19-16)18(22)24-2/h3-8,13,19H,9-11H2,1-2H3. The van der Waals surface area contributed by atoms with E-state index >= 15 is 0 Å². The molecule has 6 nitrogen and oxygen atoms in total. The molecule has 1 aromatic carbocycles. The summed E-state index contributed by atoms with van der Waals surface area (Å²) in [5, 5.41) is 3.14. The van der Waals surface area contributed by atoms with E-state index in [9.17, 15) is 9.59 Å². The molecule has 1 aromatic heterocycles. The number of hydrogen-bond donors (Lipinski definition) is 1. The van der Waals surface area contributed by atoms with Gasteiger partial charge >= 0.3 is 5.97 Å². The number of methoxy groups -OCH3 is 2. The number of aromatic nitrogens is 1. The fourth-order valence-electron chi connectivity index (χ4n) is 2.92. The molecule has 0 spiro atoms. The molecule has 3 rings (SSSR count). The number of pyridine rings is 1. The number of carbonyl (C=O) groups excluding carboxylic acids is 1. The SMILES string of the molecule is COC(=O)C1CNc2ccn(Cc3ccc(OC)cc3)c(=O)c2C1. The van der Waals surface area contributed by atoms with E-state index in [0.717, 1.165) is 17.0 Å². The van der Waals surface area contributed by atoms with Crippen LogP contribution in [0.15, 0.2) is 41.3 Å². The monoisotopic (exact) mass is 328 g/mol. The summed E-state index contributed by atoms with van der Waals surface area (Å²) in [6, 6.07) is 9.48. The average molecular weight is 328 g/mol. The van der Waals surface area contributed by atoms with Gasteiger partial charge in [0.1, 0.15) is 5.75 Å². The largest absolute Gasteiger partial charge is 0.497 e. The van der Waals surface area contributed by atoms with Gasteiger partial charge in [-0.1, -0.05) is 12.1 Å². The molecular formula is C18H20N2O4. The summed E-state index contributed by atoms with van der Waals surface area (Å²) in [6.45, 7) is 0.959. The van der Waals surface area contributed by atoms with E-state index < -0.39 is 0 Å². The summed E-state index contributed by atoms with van der Waals surface area (Å²) < 4.78 is 11.6. The third-order valence-electron chi connectivity index (χ3n) is 4.30.